The summed E-state index contributed by atoms with van der Waals surface area (Å²) in [5.74, 6) is -0.614. The van der Waals surface area contributed by atoms with Gasteiger partial charge in [0, 0.05) is 51.8 Å². The van der Waals surface area contributed by atoms with Crippen molar-refractivity contribution in [2.45, 2.75) is 24.8 Å². The normalized spacial score (nSPS) is 25.3. The molecule has 4 aliphatic rings. The Balaban J connectivity index is 1.13. The van der Waals surface area contributed by atoms with E-state index in [2.05, 4.69) is 14.7 Å². The number of methoxy groups -OCH3 is 1. The number of aliphatic carboxylic acids is 1. The molecule has 0 bridgehead atoms. The minimum atomic E-state index is -1.30. The smallest absolute Gasteiger partial charge is 0.335 e. The Morgan fingerprint density at radius 2 is 2.02 bits per heavy atom. The monoisotopic (exact) mass is 582 g/mol. The van der Waals surface area contributed by atoms with Crippen molar-refractivity contribution in [1.29, 1.82) is 0 Å². The molecule has 11 heteroatoms. The number of benzene rings is 2. The minimum absolute atomic E-state index is 0.102. The Labute approximate surface area is 243 Å². The number of fused-ring (bicyclic) bond motifs is 2. The van der Waals surface area contributed by atoms with Gasteiger partial charge in [0.05, 0.1) is 42.1 Å². The summed E-state index contributed by atoms with van der Waals surface area (Å²) in [5, 5.41) is 9.79. The number of anilines is 1. The van der Waals surface area contributed by atoms with Gasteiger partial charge >= 0.3 is 5.97 Å². The van der Waals surface area contributed by atoms with Gasteiger partial charge in [0.2, 0.25) is 0 Å². The molecule has 41 heavy (non-hydrogen) atoms. The van der Waals surface area contributed by atoms with E-state index in [0.29, 0.717) is 36.2 Å². The Morgan fingerprint density at radius 1 is 1.22 bits per heavy atom. The summed E-state index contributed by atoms with van der Waals surface area (Å²) in [5.41, 5.74) is 1.47. The van der Waals surface area contributed by atoms with Crippen molar-refractivity contribution in [3.63, 3.8) is 0 Å². The first kappa shape index (κ1) is 27.6. The zero-order valence-electron chi connectivity index (χ0n) is 22.9. The lowest BCUT2D eigenvalue weighted by atomic mass is 9.98. The second kappa shape index (κ2) is 11.0. The van der Waals surface area contributed by atoms with Crippen molar-refractivity contribution in [2.75, 3.05) is 57.9 Å². The van der Waals surface area contributed by atoms with Crippen LogP contribution in [0.2, 0.25) is 5.02 Å². The number of hydrogen-bond acceptors (Lipinski definition) is 8. The van der Waals surface area contributed by atoms with E-state index in [0.717, 1.165) is 37.7 Å². The van der Waals surface area contributed by atoms with Crippen LogP contribution in [0.15, 0.2) is 65.2 Å². The molecule has 2 aromatic rings. The molecule has 1 N–H and O–H groups in total. The average molecular weight is 583 g/mol. The third-order valence-electron chi connectivity index (χ3n) is 8.00. The lowest BCUT2D eigenvalue weighted by Crippen LogP contribution is -2.51. The number of ether oxygens (including phenoxy) is 3. The number of carbonyl (C=O) groups is 1. The number of amidine groups is 1. The fourth-order valence-electron chi connectivity index (χ4n) is 5.88. The van der Waals surface area contributed by atoms with Gasteiger partial charge in [-0.15, -0.1) is 0 Å². The van der Waals surface area contributed by atoms with E-state index < -0.39 is 17.6 Å². The summed E-state index contributed by atoms with van der Waals surface area (Å²) in [6, 6.07) is 10.00. The Bertz CT molecular complexity index is 1440. The molecule has 9 nitrogen and oxygen atoms in total. The summed E-state index contributed by atoms with van der Waals surface area (Å²) in [6.07, 6.45) is 5.30. The zero-order chi connectivity index (χ0) is 28.7. The minimum Gasteiger partial charge on any atom is -0.478 e. The molecule has 1 aliphatic carbocycles. The first-order valence-corrected chi connectivity index (χ1v) is 14.0. The molecule has 3 unspecified atom stereocenters. The molecule has 3 aliphatic heterocycles. The van der Waals surface area contributed by atoms with Crippen molar-refractivity contribution < 1.29 is 28.5 Å². The van der Waals surface area contributed by atoms with Crippen molar-refractivity contribution in [3.05, 3.63) is 76.6 Å². The Morgan fingerprint density at radius 3 is 2.76 bits per heavy atom. The van der Waals surface area contributed by atoms with Gasteiger partial charge in [-0.05, 0) is 42.5 Å². The second-order valence-electron chi connectivity index (χ2n) is 10.6. The number of carboxylic acid groups (broad SMARTS) is 1. The predicted octanol–water partition coefficient (Wildman–Crippen LogP) is 3.92. The van der Waals surface area contributed by atoms with Gasteiger partial charge in [-0.1, -0.05) is 23.7 Å². The van der Waals surface area contributed by atoms with Gasteiger partial charge in [0.25, 0.3) is 5.79 Å². The number of carboxylic acids is 1. The number of halogens is 2. The molecular weight excluding hydrogens is 551 g/mol. The van der Waals surface area contributed by atoms with E-state index in [1.54, 1.807) is 38.3 Å². The molecule has 0 amide bonds. The van der Waals surface area contributed by atoms with E-state index in [9.17, 15) is 14.3 Å². The van der Waals surface area contributed by atoms with Gasteiger partial charge in [-0.25, -0.2) is 9.18 Å². The summed E-state index contributed by atoms with van der Waals surface area (Å²) in [6.45, 7) is 6.64. The molecule has 216 valence electrons. The summed E-state index contributed by atoms with van der Waals surface area (Å²) in [4.78, 5) is 23.3. The van der Waals surface area contributed by atoms with Crippen LogP contribution >= 0.6 is 11.6 Å². The van der Waals surface area contributed by atoms with E-state index >= 15 is 0 Å². The quantitative estimate of drug-likeness (QED) is 0.501. The van der Waals surface area contributed by atoms with Crippen LogP contribution in [0, 0.1) is 5.82 Å². The van der Waals surface area contributed by atoms with E-state index in [1.807, 2.05) is 24.3 Å². The van der Waals surface area contributed by atoms with Crippen LogP contribution in [0.5, 0.6) is 11.5 Å². The van der Waals surface area contributed by atoms with Crippen LogP contribution in [-0.2, 0) is 15.3 Å². The highest BCUT2D eigenvalue weighted by molar-refractivity contribution is 6.30. The maximum atomic E-state index is 14.8. The average Bonchev–Trinajstić information content (AvgIpc) is 3.48. The maximum absolute atomic E-state index is 14.8. The molecule has 1 saturated heterocycles. The number of piperazine rings is 1. The lowest BCUT2D eigenvalue weighted by Gasteiger charge is -2.37. The summed E-state index contributed by atoms with van der Waals surface area (Å²) >= 11 is 5.95. The van der Waals surface area contributed by atoms with E-state index in [4.69, 9.17) is 30.8 Å². The third kappa shape index (κ3) is 5.27. The molecule has 1 fully saturated rings. The van der Waals surface area contributed by atoms with Gasteiger partial charge in [0.1, 0.15) is 11.7 Å². The SMILES string of the molecule is COCCN1C(CN2CCN(c3cccc4c3OC(C)(c3ccc(Cl)cc3F)O4)CC2)=NC2C=CC(C(=O)O)=CC21. The maximum Gasteiger partial charge on any atom is 0.335 e. The fourth-order valence-corrected chi connectivity index (χ4v) is 6.04. The number of aliphatic imine (C=N–C) groups is 1. The molecule has 0 spiro atoms. The number of rotatable bonds is 8. The molecule has 2 aromatic carbocycles. The number of nitrogens with zero attached hydrogens (tertiary/aromatic N) is 4. The standard InChI is InChI=1S/C30H32ClFN4O5/c1-30(21-8-7-20(31)17-22(21)32)40-26-5-3-4-24(28(26)41-30)35-12-10-34(11-13-35)18-27-33-23-9-6-19(29(37)38)16-25(23)36(27)14-15-39-2/h3-9,16-17,23,25H,10-15,18H2,1-2H3,(H,37,38). The highest BCUT2D eigenvalue weighted by Gasteiger charge is 2.43. The Kier molecular flexibility index (Phi) is 7.39. The van der Waals surface area contributed by atoms with Gasteiger partial charge in [-0.2, -0.15) is 0 Å². The highest BCUT2D eigenvalue weighted by atomic mass is 35.5. The largest absolute Gasteiger partial charge is 0.478 e. The zero-order valence-corrected chi connectivity index (χ0v) is 23.7. The topological polar surface area (TPSA) is 87.1 Å². The van der Waals surface area contributed by atoms with Crippen molar-refractivity contribution in [1.82, 2.24) is 9.80 Å². The van der Waals surface area contributed by atoms with E-state index in [-0.39, 0.29) is 23.2 Å². The molecule has 3 heterocycles. The van der Waals surface area contributed by atoms with Crippen molar-refractivity contribution >= 4 is 29.1 Å². The van der Waals surface area contributed by atoms with Crippen LogP contribution < -0.4 is 14.4 Å². The van der Waals surface area contributed by atoms with Crippen LogP contribution in [0.4, 0.5) is 10.1 Å². The molecular formula is C30H32ClFN4O5. The second-order valence-corrected chi connectivity index (χ2v) is 11.1. The molecule has 0 radical (unpaired) electrons. The van der Waals surface area contributed by atoms with Crippen LogP contribution in [0.25, 0.3) is 0 Å². The first-order chi connectivity index (χ1) is 19.8. The Hall–Kier alpha value is -3.60. The molecule has 3 atom stereocenters. The predicted molar refractivity (Wildman–Crippen MR) is 154 cm³/mol. The molecule has 0 aromatic heterocycles. The van der Waals surface area contributed by atoms with Gasteiger partial charge in [-0.3, -0.25) is 9.89 Å². The third-order valence-corrected chi connectivity index (χ3v) is 8.24. The van der Waals surface area contributed by atoms with Gasteiger partial charge in [0.15, 0.2) is 11.5 Å². The number of para-hydroxylation sites is 1. The van der Waals surface area contributed by atoms with Crippen LogP contribution in [0.1, 0.15) is 12.5 Å². The van der Waals surface area contributed by atoms with Crippen LogP contribution in [-0.4, -0.2) is 91.8 Å². The van der Waals surface area contributed by atoms with Gasteiger partial charge < -0.3 is 29.1 Å². The summed E-state index contributed by atoms with van der Waals surface area (Å²) in [7, 11) is 1.66. The van der Waals surface area contributed by atoms with Crippen molar-refractivity contribution in [3.8, 4) is 11.5 Å². The van der Waals surface area contributed by atoms with Crippen LogP contribution in [0.3, 0.4) is 0 Å². The summed E-state index contributed by atoms with van der Waals surface area (Å²) < 4.78 is 32.5. The lowest BCUT2D eigenvalue weighted by molar-refractivity contribution is -0.132. The number of hydrogen-bond donors (Lipinski definition) is 1. The van der Waals surface area contributed by atoms with Crippen molar-refractivity contribution in [2.24, 2.45) is 4.99 Å². The first-order valence-electron chi connectivity index (χ1n) is 13.6. The molecule has 0 saturated carbocycles. The molecule has 6 rings (SSSR count). The van der Waals surface area contributed by atoms with E-state index in [1.165, 1.54) is 6.07 Å². The highest BCUT2D eigenvalue weighted by Crippen LogP contribution is 2.50. The fraction of sp³-hybridized carbons (Fsp3) is 0.400.